The maximum absolute atomic E-state index is 12.9. The van der Waals surface area contributed by atoms with Gasteiger partial charge in [-0.2, -0.15) is 0 Å². The van der Waals surface area contributed by atoms with Crippen molar-refractivity contribution >= 4 is 40.3 Å². The summed E-state index contributed by atoms with van der Waals surface area (Å²) in [7, 11) is 0. The molecule has 154 valence electrons. The first-order chi connectivity index (χ1) is 15.0. The number of thioether (sulfide) groups is 1. The lowest BCUT2D eigenvalue weighted by molar-refractivity contribution is -0.384. The Morgan fingerprint density at radius 2 is 1.68 bits per heavy atom. The molecule has 1 amide bonds. The lowest BCUT2D eigenvalue weighted by Crippen LogP contribution is -2.28. The molecule has 0 bridgehead atoms. The summed E-state index contributed by atoms with van der Waals surface area (Å²) < 4.78 is 5.77. The van der Waals surface area contributed by atoms with Crippen LogP contribution in [0.15, 0.2) is 83.8 Å². The van der Waals surface area contributed by atoms with Crippen molar-refractivity contribution in [2.75, 3.05) is 4.90 Å². The molecule has 0 radical (unpaired) electrons. The van der Waals surface area contributed by atoms with E-state index in [0.717, 1.165) is 27.8 Å². The Bertz CT molecular complexity index is 1180. The number of nitro groups is 1. The predicted octanol–water partition coefficient (Wildman–Crippen LogP) is 5.23. The Morgan fingerprint density at radius 1 is 1.00 bits per heavy atom. The number of benzene rings is 3. The van der Waals surface area contributed by atoms with Gasteiger partial charge in [-0.05, 0) is 47.2 Å². The minimum atomic E-state index is -0.559. The van der Waals surface area contributed by atoms with E-state index in [2.05, 4.69) is 0 Å². The molecule has 0 aromatic heterocycles. The van der Waals surface area contributed by atoms with Crippen LogP contribution in [0.25, 0.3) is 6.08 Å². The van der Waals surface area contributed by atoms with E-state index in [9.17, 15) is 14.9 Å². The minimum absolute atomic E-state index is 0.0756. The summed E-state index contributed by atoms with van der Waals surface area (Å²) in [4.78, 5) is 25.0. The average molecular weight is 431 g/mol. The van der Waals surface area contributed by atoms with Crippen LogP contribution in [0.4, 0.5) is 11.4 Å². The van der Waals surface area contributed by atoms with Crippen molar-refractivity contribution in [3.8, 4) is 5.75 Å². The Morgan fingerprint density at radius 3 is 2.39 bits per heavy atom. The van der Waals surface area contributed by atoms with Crippen LogP contribution in [-0.2, 0) is 11.4 Å². The maximum atomic E-state index is 12.9. The molecular weight excluding hydrogens is 414 g/mol. The van der Waals surface area contributed by atoms with Crippen molar-refractivity contribution in [3.05, 3.63) is 105 Å². The molecule has 3 aromatic rings. The summed E-state index contributed by atoms with van der Waals surface area (Å²) in [5.41, 5.74) is 1.70. The van der Waals surface area contributed by atoms with Crippen molar-refractivity contribution in [2.24, 2.45) is 0 Å². The molecular formula is C23H17N3O4S. The van der Waals surface area contributed by atoms with Crippen LogP contribution in [0.3, 0.4) is 0 Å². The lowest BCUT2D eigenvalue weighted by Gasteiger charge is -2.14. The van der Waals surface area contributed by atoms with Gasteiger partial charge in [0.2, 0.25) is 0 Å². The third-order valence-corrected chi connectivity index (χ3v) is 5.46. The highest BCUT2D eigenvalue weighted by Crippen LogP contribution is 2.39. The van der Waals surface area contributed by atoms with Gasteiger partial charge in [-0.3, -0.25) is 20.3 Å². The molecule has 1 saturated heterocycles. The van der Waals surface area contributed by atoms with E-state index < -0.39 is 10.8 Å². The summed E-state index contributed by atoms with van der Waals surface area (Å²) in [6.45, 7) is 0.456. The highest BCUT2D eigenvalue weighted by Gasteiger charge is 2.36. The molecule has 0 unspecified atom stereocenters. The Hall–Kier alpha value is -3.91. The molecule has 0 atom stereocenters. The van der Waals surface area contributed by atoms with Gasteiger partial charge in [0.1, 0.15) is 18.0 Å². The van der Waals surface area contributed by atoms with Crippen LogP contribution < -0.4 is 9.64 Å². The van der Waals surface area contributed by atoms with E-state index in [4.69, 9.17) is 10.1 Å². The molecule has 1 aliphatic heterocycles. The summed E-state index contributed by atoms with van der Waals surface area (Å²) in [6, 6.07) is 23.0. The highest BCUT2D eigenvalue weighted by atomic mass is 32.2. The second kappa shape index (κ2) is 8.85. The molecule has 7 nitrogen and oxygen atoms in total. The molecule has 0 saturated carbocycles. The monoisotopic (exact) mass is 431 g/mol. The van der Waals surface area contributed by atoms with Crippen LogP contribution in [0.2, 0.25) is 0 Å². The second-order valence-electron chi connectivity index (χ2n) is 6.65. The number of anilines is 1. The van der Waals surface area contributed by atoms with Gasteiger partial charge in [0.25, 0.3) is 11.6 Å². The molecule has 4 rings (SSSR count). The van der Waals surface area contributed by atoms with Gasteiger partial charge in [-0.15, -0.1) is 0 Å². The number of carbonyl (C=O) groups excluding carboxylic acids is 1. The largest absolute Gasteiger partial charge is 0.489 e. The zero-order valence-electron chi connectivity index (χ0n) is 16.2. The smallest absolute Gasteiger partial charge is 0.293 e. The van der Waals surface area contributed by atoms with Crippen molar-refractivity contribution in [1.29, 1.82) is 5.41 Å². The standard InChI is InChI=1S/C23H17N3O4S/c24-23-25(19-8-4-5-9-20(19)26(28)29)22(27)21(31-23)14-16-10-12-18(13-11-16)30-15-17-6-2-1-3-7-17/h1-14,24H,15H2/b21-14-,24-23?. The number of nitrogens with zero attached hydrogens (tertiary/aromatic N) is 2. The lowest BCUT2D eigenvalue weighted by atomic mass is 10.2. The topological polar surface area (TPSA) is 96.5 Å². The molecule has 8 heteroatoms. The van der Waals surface area contributed by atoms with E-state index in [-0.39, 0.29) is 16.5 Å². The fourth-order valence-corrected chi connectivity index (χ4v) is 3.92. The molecule has 1 aliphatic rings. The number of carbonyl (C=O) groups is 1. The number of nitro benzene ring substituents is 1. The zero-order chi connectivity index (χ0) is 21.8. The van der Waals surface area contributed by atoms with Crippen molar-refractivity contribution in [1.82, 2.24) is 0 Å². The van der Waals surface area contributed by atoms with E-state index >= 15 is 0 Å². The van der Waals surface area contributed by atoms with Crippen LogP contribution in [0, 0.1) is 15.5 Å². The number of amidine groups is 1. The van der Waals surface area contributed by atoms with E-state index in [1.807, 2.05) is 54.6 Å². The van der Waals surface area contributed by atoms with Gasteiger partial charge in [-0.25, -0.2) is 4.90 Å². The number of ether oxygens (including phenoxy) is 1. The predicted molar refractivity (Wildman–Crippen MR) is 121 cm³/mol. The molecule has 1 heterocycles. The Balaban J connectivity index is 1.50. The molecule has 31 heavy (non-hydrogen) atoms. The number of rotatable bonds is 6. The van der Waals surface area contributed by atoms with E-state index in [1.54, 1.807) is 12.1 Å². The second-order valence-corrected chi connectivity index (χ2v) is 7.68. The summed E-state index contributed by atoms with van der Waals surface area (Å²) >= 11 is 0.971. The first-order valence-corrected chi connectivity index (χ1v) is 10.2. The van der Waals surface area contributed by atoms with Crippen molar-refractivity contribution in [3.63, 3.8) is 0 Å². The van der Waals surface area contributed by atoms with Gasteiger partial charge in [0.05, 0.1) is 9.83 Å². The van der Waals surface area contributed by atoms with Gasteiger partial charge < -0.3 is 4.74 Å². The summed E-state index contributed by atoms with van der Waals surface area (Å²) in [6.07, 6.45) is 1.66. The van der Waals surface area contributed by atoms with Gasteiger partial charge in [-0.1, -0.05) is 54.6 Å². The molecule has 0 aliphatic carbocycles. The van der Waals surface area contributed by atoms with Crippen LogP contribution in [0.5, 0.6) is 5.75 Å². The van der Waals surface area contributed by atoms with Crippen LogP contribution in [0.1, 0.15) is 11.1 Å². The van der Waals surface area contributed by atoms with Crippen molar-refractivity contribution < 1.29 is 14.5 Å². The third kappa shape index (κ3) is 4.49. The molecule has 0 spiro atoms. The minimum Gasteiger partial charge on any atom is -0.489 e. The quantitative estimate of drug-likeness (QED) is 0.327. The Kier molecular flexibility index (Phi) is 5.81. The first-order valence-electron chi connectivity index (χ1n) is 9.36. The van der Waals surface area contributed by atoms with Crippen molar-refractivity contribution in [2.45, 2.75) is 6.61 Å². The maximum Gasteiger partial charge on any atom is 0.293 e. The number of para-hydroxylation sites is 2. The van der Waals surface area contributed by atoms with E-state index in [0.29, 0.717) is 17.3 Å². The van der Waals surface area contributed by atoms with Gasteiger partial charge >= 0.3 is 0 Å². The van der Waals surface area contributed by atoms with Gasteiger partial charge in [0, 0.05) is 6.07 Å². The number of hydrogen-bond acceptors (Lipinski definition) is 6. The molecule has 1 fully saturated rings. The normalized spacial score (nSPS) is 14.8. The molecule has 1 N–H and O–H groups in total. The van der Waals surface area contributed by atoms with Crippen LogP contribution in [-0.4, -0.2) is 16.0 Å². The first kappa shape index (κ1) is 20.4. The number of amides is 1. The molecule has 3 aromatic carbocycles. The van der Waals surface area contributed by atoms with E-state index in [1.165, 1.54) is 18.2 Å². The fraction of sp³-hybridized carbons (Fsp3) is 0.0435. The van der Waals surface area contributed by atoms with Gasteiger partial charge in [0.15, 0.2) is 5.17 Å². The number of nitrogens with one attached hydrogen (secondary N) is 1. The average Bonchev–Trinajstić information content (AvgIpc) is 3.06. The summed E-state index contributed by atoms with van der Waals surface area (Å²) in [5, 5.41) is 19.4. The SMILES string of the molecule is N=C1S/C(=C\c2ccc(OCc3ccccc3)cc2)C(=O)N1c1ccccc1[N+](=O)[O-]. The number of hydrogen-bond donors (Lipinski definition) is 1. The van der Waals surface area contributed by atoms with Crippen LogP contribution >= 0.6 is 11.8 Å². The Labute approximate surface area is 182 Å². The summed E-state index contributed by atoms with van der Waals surface area (Å²) in [5.74, 6) is 0.236. The zero-order valence-corrected chi connectivity index (χ0v) is 17.0. The fourth-order valence-electron chi connectivity index (χ4n) is 3.07. The third-order valence-electron chi connectivity index (χ3n) is 4.57. The highest BCUT2D eigenvalue weighted by molar-refractivity contribution is 8.19.